The van der Waals surface area contributed by atoms with Crippen LogP contribution in [-0.2, 0) is 11.3 Å². The van der Waals surface area contributed by atoms with Crippen LogP contribution in [-0.4, -0.2) is 65.3 Å². The molecule has 0 spiro atoms. The van der Waals surface area contributed by atoms with Gasteiger partial charge >= 0.3 is 5.97 Å². The molecule has 3 rings (SSSR count). The molecule has 2 aliphatic rings. The average Bonchev–Trinajstić information content (AvgIpc) is 2.89. The van der Waals surface area contributed by atoms with Gasteiger partial charge in [0.1, 0.15) is 12.4 Å². The Morgan fingerprint density at radius 2 is 2.22 bits per heavy atom. The first-order valence-corrected chi connectivity index (χ1v) is 6.97. The molecule has 3 N–H and O–H groups in total. The first-order valence-electron chi connectivity index (χ1n) is 6.97. The minimum absolute atomic E-state index is 0.151. The van der Waals surface area contributed by atoms with Crippen LogP contribution in [0.15, 0.2) is 29.0 Å². The molecular formula is C14H17N5O4. The molecule has 0 bridgehead atoms. The first kappa shape index (κ1) is 15.4. The van der Waals surface area contributed by atoms with Gasteiger partial charge < -0.3 is 19.9 Å². The molecule has 1 aromatic heterocycles. The van der Waals surface area contributed by atoms with Crippen molar-refractivity contribution in [3.63, 3.8) is 0 Å². The Morgan fingerprint density at radius 1 is 1.52 bits per heavy atom. The van der Waals surface area contributed by atoms with Crippen LogP contribution in [0.4, 0.5) is 5.82 Å². The number of nitrogens with zero attached hydrogens (tertiary/aromatic N) is 5. The molecule has 3 heterocycles. The number of amidine groups is 1. The Hall–Kier alpha value is -2.52. The van der Waals surface area contributed by atoms with Crippen LogP contribution in [0.3, 0.4) is 0 Å². The third-order valence-electron chi connectivity index (χ3n) is 4.18. The average molecular weight is 319 g/mol. The summed E-state index contributed by atoms with van der Waals surface area (Å²) in [6.07, 6.45) is 2.87. The summed E-state index contributed by atoms with van der Waals surface area (Å²) in [5.41, 5.74) is -3.46. The van der Waals surface area contributed by atoms with E-state index in [1.54, 1.807) is 10.6 Å². The molecule has 9 heteroatoms. The van der Waals surface area contributed by atoms with Crippen LogP contribution in [0.5, 0.6) is 0 Å². The molecule has 0 unspecified atom stereocenters. The van der Waals surface area contributed by atoms with Gasteiger partial charge in [-0.25, -0.2) is 19.8 Å². The van der Waals surface area contributed by atoms with Crippen molar-refractivity contribution in [1.82, 2.24) is 14.5 Å². The number of carboxylic acid groups (broad SMARTS) is 1. The number of fused-ring (bicyclic) bond motifs is 3. The summed E-state index contributed by atoms with van der Waals surface area (Å²) in [6, 6.07) is 0. The summed E-state index contributed by atoms with van der Waals surface area (Å²) >= 11 is 0. The van der Waals surface area contributed by atoms with Crippen molar-refractivity contribution in [2.75, 3.05) is 0 Å². The maximum absolute atomic E-state index is 11.6. The van der Waals surface area contributed by atoms with E-state index in [2.05, 4.69) is 21.5 Å². The van der Waals surface area contributed by atoms with Crippen LogP contribution in [0.25, 0.3) is 0 Å². The quantitative estimate of drug-likeness (QED) is 0.658. The number of carboxylic acids is 1. The van der Waals surface area contributed by atoms with Crippen LogP contribution in [0.2, 0.25) is 0 Å². The number of aliphatic imine (C=N–C) groups is 2. The number of aliphatic carboxylic acids is 1. The lowest BCUT2D eigenvalue weighted by Crippen LogP contribution is -2.69. The van der Waals surface area contributed by atoms with Gasteiger partial charge in [-0.2, -0.15) is 0 Å². The second kappa shape index (κ2) is 4.74. The molecule has 0 saturated carbocycles. The van der Waals surface area contributed by atoms with Crippen molar-refractivity contribution < 1.29 is 20.1 Å². The van der Waals surface area contributed by atoms with Gasteiger partial charge in [-0.05, 0) is 13.8 Å². The monoisotopic (exact) mass is 319 g/mol. The Bertz CT molecular complexity index is 750. The highest BCUT2D eigenvalue weighted by Gasteiger charge is 2.58. The van der Waals surface area contributed by atoms with Gasteiger partial charge in [0.2, 0.25) is 0 Å². The van der Waals surface area contributed by atoms with E-state index in [0.29, 0.717) is 18.1 Å². The first-order chi connectivity index (χ1) is 10.7. The van der Waals surface area contributed by atoms with E-state index in [1.165, 1.54) is 31.4 Å². The Labute approximate surface area is 131 Å². The zero-order valence-electron chi connectivity index (χ0n) is 12.7. The number of rotatable bonds is 3. The molecule has 122 valence electrons. The van der Waals surface area contributed by atoms with Gasteiger partial charge in [0.15, 0.2) is 28.6 Å². The number of allylic oxidation sites excluding steroid dienone is 1. The third kappa shape index (κ3) is 1.93. The van der Waals surface area contributed by atoms with Gasteiger partial charge in [-0.3, -0.25) is 4.90 Å². The van der Waals surface area contributed by atoms with Gasteiger partial charge in [-0.15, -0.1) is 6.58 Å². The van der Waals surface area contributed by atoms with Crippen LogP contribution < -0.4 is 0 Å². The lowest BCUT2D eigenvalue weighted by atomic mass is 9.85. The number of carbonyl (C=O) groups is 1. The molecule has 1 aromatic rings. The fraction of sp³-hybridized carbons (Fsp3) is 0.429. The summed E-state index contributed by atoms with van der Waals surface area (Å²) < 4.78 is 1.72. The number of imidazole rings is 1. The van der Waals surface area contributed by atoms with Crippen molar-refractivity contribution >= 4 is 24.0 Å². The van der Waals surface area contributed by atoms with Crippen molar-refractivity contribution in [1.29, 1.82) is 0 Å². The summed E-state index contributed by atoms with van der Waals surface area (Å²) in [5.74, 6) is -0.704. The highest BCUT2D eigenvalue weighted by molar-refractivity contribution is 6.11. The normalized spacial score (nSPS) is 32.1. The maximum atomic E-state index is 11.6. The fourth-order valence-electron chi connectivity index (χ4n) is 2.77. The summed E-state index contributed by atoms with van der Waals surface area (Å²) in [7, 11) is 0. The third-order valence-corrected chi connectivity index (χ3v) is 4.18. The largest absolute Gasteiger partial charge is 0.479 e. The van der Waals surface area contributed by atoms with E-state index in [4.69, 9.17) is 0 Å². The fourth-order valence-corrected chi connectivity index (χ4v) is 2.77. The zero-order valence-corrected chi connectivity index (χ0v) is 12.7. The topological polar surface area (TPSA) is 124 Å². The summed E-state index contributed by atoms with van der Waals surface area (Å²) in [4.78, 5) is 25.4. The molecule has 0 amide bonds. The summed E-state index contributed by atoms with van der Waals surface area (Å²) in [6.45, 7) is 6.69. The van der Waals surface area contributed by atoms with Crippen LogP contribution >= 0.6 is 0 Å². The highest BCUT2D eigenvalue weighted by Crippen LogP contribution is 2.37. The van der Waals surface area contributed by atoms with Gasteiger partial charge in [0.25, 0.3) is 0 Å². The zero-order chi connectivity index (χ0) is 17.0. The molecule has 0 fully saturated rings. The van der Waals surface area contributed by atoms with E-state index >= 15 is 0 Å². The smallest absolute Gasteiger partial charge is 0.334 e. The lowest BCUT2D eigenvalue weighted by molar-refractivity contribution is -0.173. The minimum Gasteiger partial charge on any atom is -0.479 e. The molecule has 23 heavy (non-hydrogen) atoms. The number of hydrogen-bond acceptors (Lipinski definition) is 7. The highest BCUT2D eigenvalue weighted by atomic mass is 16.4. The molecule has 0 radical (unpaired) electrons. The summed E-state index contributed by atoms with van der Waals surface area (Å²) in [5, 5.41) is 30.4. The van der Waals surface area contributed by atoms with E-state index in [-0.39, 0.29) is 5.84 Å². The van der Waals surface area contributed by atoms with E-state index in [1.807, 2.05) is 0 Å². The second-order valence-electron chi connectivity index (χ2n) is 5.86. The molecule has 0 aromatic carbocycles. The standard InChI is InChI=1S/C14H17N5O4/c1-4-5-18-6-15-8-9(18)16-7-19-10(8)17-13(2,12(21)22)11(20)14(19,3)23/h4,6-7,11,20,23H,1,5H2,2-3H3,(H,21,22)/t11-,13+,14-/m1/s1. The second-order valence-corrected chi connectivity index (χ2v) is 5.86. The SMILES string of the molecule is C=CCn1cnc2c1N=CN1C2=N[C@](C)(C(=O)O)[C@@H](O)[C@@]1(C)O. The van der Waals surface area contributed by atoms with Gasteiger partial charge in [0.05, 0.1) is 6.33 Å². The maximum Gasteiger partial charge on any atom is 0.334 e. The van der Waals surface area contributed by atoms with E-state index < -0.39 is 23.3 Å². The number of aliphatic hydroxyl groups is 2. The predicted octanol–water partition coefficient (Wildman–Crippen LogP) is -0.283. The molecule has 0 saturated heterocycles. The lowest BCUT2D eigenvalue weighted by Gasteiger charge is -2.48. The predicted molar refractivity (Wildman–Crippen MR) is 81.6 cm³/mol. The van der Waals surface area contributed by atoms with Crippen LogP contribution in [0.1, 0.15) is 19.5 Å². The van der Waals surface area contributed by atoms with E-state index in [0.717, 1.165) is 0 Å². The number of aromatic nitrogens is 2. The number of hydrogen-bond donors (Lipinski definition) is 3. The van der Waals surface area contributed by atoms with Gasteiger partial charge in [-0.1, -0.05) is 6.08 Å². The Morgan fingerprint density at radius 3 is 2.83 bits per heavy atom. The molecule has 2 aliphatic heterocycles. The van der Waals surface area contributed by atoms with Crippen molar-refractivity contribution in [2.45, 2.75) is 37.8 Å². The van der Waals surface area contributed by atoms with Crippen molar-refractivity contribution in [3.05, 3.63) is 24.7 Å². The Kier molecular flexibility index (Phi) is 3.17. The Balaban J connectivity index is 2.22. The minimum atomic E-state index is -1.90. The van der Waals surface area contributed by atoms with Gasteiger partial charge in [0, 0.05) is 6.54 Å². The van der Waals surface area contributed by atoms with Crippen molar-refractivity contribution in [3.8, 4) is 0 Å². The molecule has 0 aliphatic carbocycles. The van der Waals surface area contributed by atoms with E-state index in [9.17, 15) is 20.1 Å². The van der Waals surface area contributed by atoms with Crippen LogP contribution in [0, 0.1) is 0 Å². The molecule has 9 nitrogen and oxygen atoms in total. The van der Waals surface area contributed by atoms with Crippen molar-refractivity contribution in [2.24, 2.45) is 9.98 Å². The number of aliphatic hydroxyl groups excluding tert-OH is 1. The molecule has 3 atom stereocenters. The molecular weight excluding hydrogens is 302 g/mol.